The molecule has 0 aromatic carbocycles. The number of rotatable bonds is 3. The third kappa shape index (κ3) is 3.21. The number of carbonyl (C=O) groups excluding carboxylic acids is 1. The van der Waals surface area contributed by atoms with Gasteiger partial charge in [0.1, 0.15) is 5.82 Å². The molecule has 1 aliphatic rings. The van der Waals surface area contributed by atoms with Gasteiger partial charge >= 0.3 is 0 Å². The van der Waals surface area contributed by atoms with Gasteiger partial charge in [0.25, 0.3) is 5.91 Å². The van der Waals surface area contributed by atoms with Crippen molar-refractivity contribution in [3.8, 4) is 0 Å². The molecule has 0 spiro atoms. The van der Waals surface area contributed by atoms with Gasteiger partial charge in [-0.05, 0) is 31.0 Å². The van der Waals surface area contributed by atoms with Gasteiger partial charge in [-0.3, -0.25) is 9.48 Å². The molecular formula is C17H23N5O. The first-order valence-electron chi connectivity index (χ1n) is 7.97. The van der Waals surface area contributed by atoms with Crippen LogP contribution in [-0.4, -0.2) is 52.8 Å². The molecule has 23 heavy (non-hydrogen) atoms. The Balaban J connectivity index is 1.74. The van der Waals surface area contributed by atoms with Crippen LogP contribution in [0.1, 0.15) is 34.8 Å². The first-order chi connectivity index (χ1) is 11.1. The number of carbonyl (C=O) groups is 1. The van der Waals surface area contributed by atoms with Gasteiger partial charge in [-0.15, -0.1) is 0 Å². The largest absolute Gasteiger partial charge is 0.356 e. The summed E-state index contributed by atoms with van der Waals surface area (Å²) >= 11 is 0. The summed E-state index contributed by atoms with van der Waals surface area (Å²) in [5.41, 5.74) is 1.90. The predicted molar refractivity (Wildman–Crippen MR) is 89.7 cm³/mol. The number of aromatic nitrogens is 3. The summed E-state index contributed by atoms with van der Waals surface area (Å²) in [6.45, 7) is 1.94. The number of hydrogen-bond acceptors (Lipinski definition) is 4. The van der Waals surface area contributed by atoms with Crippen LogP contribution < -0.4 is 4.90 Å². The van der Waals surface area contributed by atoms with Crippen molar-refractivity contribution in [2.45, 2.75) is 18.8 Å². The van der Waals surface area contributed by atoms with Gasteiger partial charge in [0.2, 0.25) is 0 Å². The van der Waals surface area contributed by atoms with E-state index in [0.29, 0.717) is 11.5 Å². The number of nitrogens with zero attached hydrogens (tertiary/aromatic N) is 5. The summed E-state index contributed by atoms with van der Waals surface area (Å²) in [6.07, 6.45) is 5.84. The zero-order valence-electron chi connectivity index (χ0n) is 13.9. The summed E-state index contributed by atoms with van der Waals surface area (Å²) in [5, 5.41) is 4.28. The Hall–Kier alpha value is -2.37. The highest BCUT2D eigenvalue weighted by Gasteiger charge is 2.24. The molecule has 1 fully saturated rings. The summed E-state index contributed by atoms with van der Waals surface area (Å²) in [4.78, 5) is 20.3. The standard InChI is InChI=1S/C17H23N5O/c1-20(2)17(23)13-6-7-16(18-11-13)22-10-4-5-14(12-22)15-8-9-19-21(15)3/h6-9,11,14H,4-5,10,12H2,1-3H3. The van der Waals surface area contributed by atoms with Crippen molar-refractivity contribution in [1.29, 1.82) is 0 Å². The average Bonchev–Trinajstić information content (AvgIpc) is 3.00. The van der Waals surface area contributed by atoms with E-state index in [0.717, 1.165) is 25.3 Å². The Morgan fingerprint density at radius 2 is 2.13 bits per heavy atom. The third-order valence-electron chi connectivity index (χ3n) is 4.42. The lowest BCUT2D eigenvalue weighted by Gasteiger charge is -2.33. The lowest BCUT2D eigenvalue weighted by molar-refractivity contribution is 0.0827. The minimum absolute atomic E-state index is 0.0181. The molecule has 122 valence electrons. The molecule has 1 unspecified atom stereocenters. The molecule has 1 amide bonds. The lowest BCUT2D eigenvalue weighted by Crippen LogP contribution is -2.35. The highest BCUT2D eigenvalue weighted by molar-refractivity contribution is 5.93. The third-order valence-corrected chi connectivity index (χ3v) is 4.42. The van der Waals surface area contributed by atoms with Crippen molar-refractivity contribution < 1.29 is 4.79 Å². The van der Waals surface area contributed by atoms with Crippen LogP contribution in [0.2, 0.25) is 0 Å². The quantitative estimate of drug-likeness (QED) is 0.868. The Morgan fingerprint density at radius 1 is 1.30 bits per heavy atom. The monoisotopic (exact) mass is 313 g/mol. The van der Waals surface area contributed by atoms with Crippen molar-refractivity contribution in [2.24, 2.45) is 7.05 Å². The van der Waals surface area contributed by atoms with Crippen LogP contribution in [0.25, 0.3) is 0 Å². The van der Waals surface area contributed by atoms with Crippen molar-refractivity contribution in [2.75, 3.05) is 32.1 Å². The Morgan fingerprint density at radius 3 is 2.74 bits per heavy atom. The maximum Gasteiger partial charge on any atom is 0.254 e. The van der Waals surface area contributed by atoms with Crippen LogP contribution in [0.3, 0.4) is 0 Å². The van der Waals surface area contributed by atoms with E-state index in [1.165, 1.54) is 12.1 Å². The predicted octanol–water partition coefficient (Wildman–Crippen LogP) is 1.90. The number of hydrogen-bond donors (Lipinski definition) is 0. The van der Waals surface area contributed by atoms with E-state index in [1.54, 1.807) is 25.2 Å². The molecular weight excluding hydrogens is 290 g/mol. The van der Waals surface area contributed by atoms with Gasteiger partial charge in [-0.2, -0.15) is 5.10 Å². The van der Waals surface area contributed by atoms with E-state index in [2.05, 4.69) is 21.0 Å². The zero-order valence-corrected chi connectivity index (χ0v) is 13.9. The number of piperidine rings is 1. The fraction of sp³-hybridized carbons (Fsp3) is 0.471. The molecule has 1 saturated heterocycles. The van der Waals surface area contributed by atoms with Crippen molar-refractivity contribution in [1.82, 2.24) is 19.7 Å². The van der Waals surface area contributed by atoms with E-state index in [9.17, 15) is 4.79 Å². The molecule has 0 bridgehead atoms. The fourth-order valence-electron chi connectivity index (χ4n) is 3.17. The second-order valence-corrected chi connectivity index (χ2v) is 6.27. The molecule has 1 aliphatic heterocycles. The van der Waals surface area contributed by atoms with Crippen LogP contribution in [0, 0.1) is 0 Å². The van der Waals surface area contributed by atoms with Crippen molar-refractivity contribution in [3.63, 3.8) is 0 Å². The Kier molecular flexibility index (Phi) is 4.32. The van der Waals surface area contributed by atoms with Gasteiger partial charge < -0.3 is 9.80 Å². The first kappa shape index (κ1) is 15.5. The summed E-state index contributed by atoms with van der Waals surface area (Å²) in [6, 6.07) is 5.90. The SMILES string of the molecule is CN(C)C(=O)c1ccc(N2CCCC(c3ccnn3C)C2)nc1. The van der Waals surface area contributed by atoms with Crippen LogP contribution in [0.4, 0.5) is 5.82 Å². The highest BCUT2D eigenvalue weighted by Crippen LogP contribution is 2.28. The van der Waals surface area contributed by atoms with E-state index >= 15 is 0 Å². The van der Waals surface area contributed by atoms with Gasteiger partial charge in [0, 0.05) is 58.2 Å². The van der Waals surface area contributed by atoms with E-state index in [-0.39, 0.29) is 5.91 Å². The van der Waals surface area contributed by atoms with Crippen molar-refractivity contribution in [3.05, 3.63) is 41.9 Å². The molecule has 2 aromatic rings. The fourth-order valence-corrected chi connectivity index (χ4v) is 3.17. The number of pyridine rings is 1. The molecule has 3 heterocycles. The molecule has 6 heteroatoms. The summed E-state index contributed by atoms with van der Waals surface area (Å²) in [5.74, 6) is 1.39. The Bertz CT molecular complexity index is 677. The molecule has 3 rings (SSSR count). The zero-order chi connectivity index (χ0) is 16.4. The van der Waals surface area contributed by atoms with Crippen LogP contribution >= 0.6 is 0 Å². The van der Waals surface area contributed by atoms with Gasteiger partial charge in [-0.25, -0.2) is 4.98 Å². The van der Waals surface area contributed by atoms with Crippen LogP contribution in [0.15, 0.2) is 30.6 Å². The molecule has 0 aliphatic carbocycles. The molecule has 2 aromatic heterocycles. The van der Waals surface area contributed by atoms with Gasteiger partial charge in [-0.1, -0.05) is 0 Å². The van der Waals surface area contributed by atoms with Crippen LogP contribution in [-0.2, 0) is 7.05 Å². The molecule has 0 saturated carbocycles. The molecule has 0 N–H and O–H groups in total. The summed E-state index contributed by atoms with van der Waals surface area (Å²) < 4.78 is 1.96. The second kappa shape index (κ2) is 6.40. The Labute approximate surface area is 136 Å². The number of aryl methyl sites for hydroxylation is 1. The van der Waals surface area contributed by atoms with Gasteiger partial charge in [0.05, 0.1) is 5.56 Å². The highest BCUT2D eigenvalue weighted by atomic mass is 16.2. The van der Waals surface area contributed by atoms with E-state index in [1.807, 2.05) is 30.1 Å². The second-order valence-electron chi connectivity index (χ2n) is 6.27. The van der Waals surface area contributed by atoms with Crippen molar-refractivity contribution >= 4 is 11.7 Å². The molecule has 6 nitrogen and oxygen atoms in total. The first-order valence-corrected chi connectivity index (χ1v) is 7.97. The topological polar surface area (TPSA) is 54.3 Å². The minimum atomic E-state index is -0.0181. The number of amides is 1. The maximum atomic E-state index is 11.9. The maximum absolute atomic E-state index is 11.9. The molecule has 0 radical (unpaired) electrons. The summed E-state index contributed by atoms with van der Waals surface area (Å²) in [7, 11) is 5.49. The smallest absolute Gasteiger partial charge is 0.254 e. The van der Waals surface area contributed by atoms with Gasteiger partial charge in [0.15, 0.2) is 0 Å². The normalized spacial score (nSPS) is 18.0. The van der Waals surface area contributed by atoms with E-state index in [4.69, 9.17) is 0 Å². The average molecular weight is 313 g/mol. The lowest BCUT2D eigenvalue weighted by atomic mass is 9.94. The van der Waals surface area contributed by atoms with E-state index < -0.39 is 0 Å². The number of anilines is 1. The minimum Gasteiger partial charge on any atom is -0.356 e. The van der Waals surface area contributed by atoms with Crippen LogP contribution in [0.5, 0.6) is 0 Å². The molecule has 1 atom stereocenters.